The van der Waals surface area contributed by atoms with Crippen molar-refractivity contribution in [3.8, 4) is 0 Å². The van der Waals surface area contributed by atoms with E-state index in [4.69, 9.17) is 0 Å². The zero-order chi connectivity index (χ0) is 15.4. The van der Waals surface area contributed by atoms with Crippen LogP contribution in [0.3, 0.4) is 0 Å². The molecule has 1 aromatic rings. The second kappa shape index (κ2) is 7.05. The number of amides is 1. The van der Waals surface area contributed by atoms with E-state index in [-0.39, 0.29) is 5.91 Å². The van der Waals surface area contributed by atoms with Crippen molar-refractivity contribution >= 4 is 11.6 Å². The van der Waals surface area contributed by atoms with Crippen LogP contribution >= 0.6 is 0 Å². The molecule has 4 nitrogen and oxygen atoms in total. The van der Waals surface area contributed by atoms with Crippen LogP contribution in [0.4, 0.5) is 5.69 Å². The van der Waals surface area contributed by atoms with Crippen LogP contribution in [0.2, 0.25) is 0 Å². The van der Waals surface area contributed by atoms with Gasteiger partial charge in [-0.15, -0.1) is 0 Å². The molecular formula is C17H27N3O. The fourth-order valence-corrected chi connectivity index (χ4v) is 2.83. The van der Waals surface area contributed by atoms with Crippen LogP contribution < -0.4 is 5.32 Å². The molecule has 0 atom stereocenters. The van der Waals surface area contributed by atoms with E-state index in [1.807, 2.05) is 32.0 Å². The number of nitrogens with zero attached hydrogens (tertiary/aromatic N) is 2. The molecule has 1 aromatic carbocycles. The number of para-hydroxylation sites is 1. The van der Waals surface area contributed by atoms with Crippen molar-refractivity contribution in [3.05, 3.63) is 29.3 Å². The molecule has 1 N–H and O–H groups in total. The Morgan fingerprint density at radius 3 is 2.24 bits per heavy atom. The number of hydrogen-bond acceptors (Lipinski definition) is 3. The van der Waals surface area contributed by atoms with E-state index in [2.05, 4.69) is 29.0 Å². The molecule has 2 rings (SSSR count). The third-order valence-electron chi connectivity index (χ3n) is 4.25. The van der Waals surface area contributed by atoms with E-state index >= 15 is 0 Å². The topological polar surface area (TPSA) is 35.6 Å². The Balaban J connectivity index is 1.86. The van der Waals surface area contributed by atoms with Gasteiger partial charge in [0.25, 0.3) is 0 Å². The van der Waals surface area contributed by atoms with Crippen molar-refractivity contribution in [2.75, 3.05) is 38.0 Å². The molecule has 1 fully saturated rings. The highest BCUT2D eigenvalue weighted by atomic mass is 16.2. The third-order valence-corrected chi connectivity index (χ3v) is 4.25. The van der Waals surface area contributed by atoms with Gasteiger partial charge in [-0.1, -0.05) is 18.2 Å². The Labute approximate surface area is 128 Å². The lowest BCUT2D eigenvalue weighted by atomic mass is 10.1. The fraction of sp³-hybridized carbons (Fsp3) is 0.588. The third kappa shape index (κ3) is 4.29. The van der Waals surface area contributed by atoms with Gasteiger partial charge in [0.1, 0.15) is 0 Å². The molecule has 4 heteroatoms. The first-order chi connectivity index (χ1) is 9.97. The van der Waals surface area contributed by atoms with E-state index in [0.29, 0.717) is 12.6 Å². The SMILES string of the molecule is Cc1cccc(C)c1NC(=O)CN1CCN(C(C)C)CC1. The Kier molecular flexibility index (Phi) is 5.37. The fourth-order valence-electron chi connectivity index (χ4n) is 2.83. The number of rotatable bonds is 4. The lowest BCUT2D eigenvalue weighted by molar-refractivity contribution is -0.117. The first kappa shape index (κ1) is 16.0. The molecule has 0 spiro atoms. The minimum Gasteiger partial charge on any atom is -0.324 e. The molecule has 0 bridgehead atoms. The average Bonchev–Trinajstić information content (AvgIpc) is 2.43. The molecule has 1 aliphatic rings. The maximum atomic E-state index is 12.2. The summed E-state index contributed by atoms with van der Waals surface area (Å²) in [6.07, 6.45) is 0. The summed E-state index contributed by atoms with van der Waals surface area (Å²) in [5.41, 5.74) is 3.20. The van der Waals surface area contributed by atoms with E-state index in [1.165, 1.54) is 0 Å². The standard InChI is InChI=1S/C17H27N3O/c1-13(2)20-10-8-19(9-11-20)12-16(21)18-17-14(3)6-5-7-15(17)4/h5-7,13H,8-12H2,1-4H3,(H,18,21). The number of benzene rings is 1. The van der Waals surface area contributed by atoms with Gasteiger partial charge in [0.15, 0.2) is 0 Å². The molecular weight excluding hydrogens is 262 g/mol. The second-order valence-corrected chi connectivity index (χ2v) is 6.22. The van der Waals surface area contributed by atoms with E-state index in [1.54, 1.807) is 0 Å². The highest BCUT2D eigenvalue weighted by molar-refractivity contribution is 5.93. The van der Waals surface area contributed by atoms with Gasteiger partial charge in [-0.2, -0.15) is 0 Å². The van der Waals surface area contributed by atoms with Gasteiger partial charge in [-0.05, 0) is 38.8 Å². The number of carbonyl (C=O) groups is 1. The van der Waals surface area contributed by atoms with E-state index in [9.17, 15) is 4.79 Å². The summed E-state index contributed by atoms with van der Waals surface area (Å²) in [6, 6.07) is 6.68. The van der Waals surface area contributed by atoms with E-state index in [0.717, 1.165) is 43.0 Å². The van der Waals surface area contributed by atoms with Crippen LogP contribution in [0.5, 0.6) is 0 Å². The van der Waals surface area contributed by atoms with Crippen LogP contribution in [-0.4, -0.2) is 54.5 Å². The average molecular weight is 289 g/mol. The van der Waals surface area contributed by atoms with Gasteiger partial charge >= 0.3 is 0 Å². The number of aryl methyl sites for hydroxylation is 2. The van der Waals surface area contributed by atoms with Gasteiger partial charge in [-0.3, -0.25) is 14.6 Å². The summed E-state index contributed by atoms with van der Waals surface area (Å²) in [5.74, 6) is 0.0883. The van der Waals surface area contributed by atoms with Crippen LogP contribution in [0.25, 0.3) is 0 Å². The quantitative estimate of drug-likeness (QED) is 0.923. The largest absolute Gasteiger partial charge is 0.324 e. The summed E-state index contributed by atoms with van der Waals surface area (Å²) < 4.78 is 0. The molecule has 21 heavy (non-hydrogen) atoms. The predicted molar refractivity (Wildman–Crippen MR) is 87.7 cm³/mol. The number of nitrogens with one attached hydrogen (secondary N) is 1. The lowest BCUT2D eigenvalue weighted by Crippen LogP contribution is -2.50. The summed E-state index contributed by atoms with van der Waals surface area (Å²) >= 11 is 0. The summed E-state index contributed by atoms with van der Waals surface area (Å²) in [7, 11) is 0. The summed E-state index contributed by atoms with van der Waals surface area (Å²) in [5, 5.41) is 3.07. The molecule has 0 aromatic heterocycles. The van der Waals surface area contributed by atoms with Crippen molar-refractivity contribution in [1.29, 1.82) is 0 Å². The molecule has 0 radical (unpaired) electrons. The second-order valence-electron chi connectivity index (χ2n) is 6.22. The smallest absolute Gasteiger partial charge is 0.238 e. The Hall–Kier alpha value is -1.39. The normalized spacial score (nSPS) is 17.2. The Morgan fingerprint density at radius 2 is 1.71 bits per heavy atom. The molecule has 1 aliphatic heterocycles. The summed E-state index contributed by atoms with van der Waals surface area (Å²) in [4.78, 5) is 16.9. The van der Waals surface area contributed by atoms with Crippen LogP contribution in [0.1, 0.15) is 25.0 Å². The number of hydrogen-bond donors (Lipinski definition) is 1. The van der Waals surface area contributed by atoms with Gasteiger partial charge in [0.05, 0.1) is 6.54 Å². The zero-order valence-corrected chi connectivity index (χ0v) is 13.6. The molecule has 1 heterocycles. The van der Waals surface area contributed by atoms with Gasteiger partial charge < -0.3 is 5.32 Å². The number of piperazine rings is 1. The monoisotopic (exact) mass is 289 g/mol. The molecule has 0 unspecified atom stereocenters. The number of anilines is 1. The maximum Gasteiger partial charge on any atom is 0.238 e. The van der Waals surface area contributed by atoms with E-state index < -0.39 is 0 Å². The van der Waals surface area contributed by atoms with Crippen molar-refractivity contribution in [2.45, 2.75) is 33.7 Å². The van der Waals surface area contributed by atoms with Crippen molar-refractivity contribution in [1.82, 2.24) is 9.80 Å². The molecule has 1 saturated heterocycles. The first-order valence-electron chi connectivity index (χ1n) is 7.80. The van der Waals surface area contributed by atoms with Gasteiger partial charge in [0.2, 0.25) is 5.91 Å². The van der Waals surface area contributed by atoms with Crippen LogP contribution in [-0.2, 0) is 4.79 Å². The Morgan fingerprint density at radius 1 is 1.14 bits per heavy atom. The minimum absolute atomic E-state index is 0.0883. The molecule has 116 valence electrons. The summed E-state index contributed by atoms with van der Waals surface area (Å²) in [6.45, 7) is 13.0. The van der Waals surface area contributed by atoms with Gasteiger partial charge in [0, 0.05) is 37.9 Å². The molecule has 0 aliphatic carbocycles. The van der Waals surface area contributed by atoms with Crippen molar-refractivity contribution < 1.29 is 4.79 Å². The maximum absolute atomic E-state index is 12.2. The predicted octanol–water partition coefficient (Wildman–Crippen LogP) is 2.27. The molecule has 1 amide bonds. The minimum atomic E-state index is 0.0883. The zero-order valence-electron chi connectivity index (χ0n) is 13.6. The molecule has 0 saturated carbocycles. The highest BCUT2D eigenvalue weighted by Gasteiger charge is 2.20. The van der Waals surface area contributed by atoms with Crippen molar-refractivity contribution in [3.63, 3.8) is 0 Å². The van der Waals surface area contributed by atoms with Crippen molar-refractivity contribution in [2.24, 2.45) is 0 Å². The van der Waals surface area contributed by atoms with Crippen LogP contribution in [0, 0.1) is 13.8 Å². The highest BCUT2D eigenvalue weighted by Crippen LogP contribution is 2.19. The van der Waals surface area contributed by atoms with Crippen LogP contribution in [0.15, 0.2) is 18.2 Å². The number of carbonyl (C=O) groups excluding carboxylic acids is 1. The lowest BCUT2D eigenvalue weighted by Gasteiger charge is -2.36. The first-order valence-corrected chi connectivity index (χ1v) is 7.80. The van der Waals surface area contributed by atoms with Gasteiger partial charge in [-0.25, -0.2) is 0 Å². The Bertz CT molecular complexity index is 471.